The average Bonchev–Trinajstić information content (AvgIpc) is 2.53. The topological polar surface area (TPSA) is 58.3 Å². The number of thiophene rings is 1. The first kappa shape index (κ1) is 10.7. The summed E-state index contributed by atoms with van der Waals surface area (Å²) in [5, 5.41) is 14.1. The van der Waals surface area contributed by atoms with Crippen LogP contribution in [-0.4, -0.2) is 24.8 Å². The number of aliphatic hydroxyl groups is 1. The summed E-state index contributed by atoms with van der Waals surface area (Å²) in [7, 11) is 1.86. The van der Waals surface area contributed by atoms with Crippen LogP contribution in [-0.2, 0) is 0 Å². The molecule has 2 atom stereocenters. The molecular weight excluding hydrogens is 184 g/mol. The molecule has 1 aromatic rings. The Kier molecular flexibility index (Phi) is 3.87. The third-order valence-corrected chi connectivity index (χ3v) is 3.24. The molecule has 0 saturated carbocycles. The third-order valence-electron chi connectivity index (χ3n) is 2.13. The van der Waals surface area contributed by atoms with Gasteiger partial charge >= 0.3 is 0 Å². The van der Waals surface area contributed by atoms with Gasteiger partial charge in [-0.05, 0) is 31.0 Å². The Morgan fingerprint density at radius 1 is 1.69 bits per heavy atom. The standard InChI is InChI=1S/C9H16N2OS/c1-6-3-4-13-9(6)8(11-2)7(10)5-12/h3-4,7-8,11-12H,5,10H2,1-2H3. The van der Waals surface area contributed by atoms with Gasteiger partial charge in [0.05, 0.1) is 12.6 Å². The van der Waals surface area contributed by atoms with Crippen LogP contribution in [0.25, 0.3) is 0 Å². The number of hydrogen-bond donors (Lipinski definition) is 3. The molecule has 1 heterocycles. The van der Waals surface area contributed by atoms with Crippen molar-refractivity contribution in [3.63, 3.8) is 0 Å². The molecule has 0 spiro atoms. The van der Waals surface area contributed by atoms with Crippen molar-refractivity contribution in [2.45, 2.75) is 19.0 Å². The maximum atomic E-state index is 8.97. The van der Waals surface area contributed by atoms with Crippen LogP contribution in [0, 0.1) is 6.92 Å². The lowest BCUT2D eigenvalue weighted by atomic mass is 10.1. The van der Waals surface area contributed by atoms with Crippen LogP contribution >= 0.6 is 11.3 Å². The second-order valence-corrected chi connectivity index (χ2v) is 4.03. The first-order valence-corrected chi connectivity index (χ1v) is 5.16. The van der Waals surface area contributed by atoms with Crippen molar-refractivity contribution < 1.29 is 5.11 Å². The normalized spacial score (nSPS) is 15.7. The van der Waals surface area contributed by atoms with E-state index in [1.54, 1.807) is 11.3 Å². The molecule has 3 nitrogen and oxygen atoms in total. The van der Waals surface area contributed by atoms with Gasteiger partial charge in [0.25, 0.3) is 0 Å². The highest BCUT2D eigenvalue weighted by molar-refractivity contribution is 7.10. The Morgan fingerprint density at radius 2 is 2.38 bits per heavy atom. The second-order valence-electron chi connectivity index (χ2n) is 3.08. The average molecular weight is 200 g/mol. The molecule has 0 bridgehead atoms. The van der Waals surface area contributed by atoms with E-state index in [4.69, 9.17) is 10.8 Å². The van der Waals surface area contributed by atoms with Gasteiger partial charge in [-0.1, -0.05) is 0 Å². The van der Waals surface area contributed by atoms with E-state index >= 15 is 0 Å². The molecule has 1 aromatic heterocycles. The summed E-state index contributed by atoms with van der Waals surface area (Å²) in [6.45, 7) is 2.06. The summed E-state index contributed by atoms with van der Waals surface area (Å²) in [6, 6.07) is 1.89. The molecule has 0 aliphatic heterocycles. The van der Waals surface area contributed by atoms with Gasteiger partial charge in [-0.25, -0.2) is 0 Å². The molecule has 0 aromatic carbocycles. The van der Waals surface area contributed by atoms with Crippen molar-refractivity contribution in [2.24, 2.45) is 5.73 Å². The SMILES string of the molecule is CNC(c1sccc1C)C(N)CO. The summed E-state index contributed by atoms with van der Waals surface area (Å²) >= 11 is 1.67. The van der Waals surface area contributed by atoms with Crippen molar-refractivity contribution in [1.82, 2.24) is 5.32 Å². The molecule has 0 radical (unpaired) electrons. The highest BCUT2D eigenvalue weighted by Crippen LogP contribution is 2.25. The van der Waals surface area contributed by atoms with Crippen molar-refractivity contribution in [2.75, 3.05) is 13.7 Å². The molecule has 74 valence electrons. The predicted octanol–water partition coefficient (Wildman–Crippen LogP) is 0.637. The molecule has 4 N–H and O–H groups in total. The minimum absolute atomic E-state index is 0.00282. The van der Waals surface area contributed by atoms with Crippen molar-refractivity contribution in [3.8, 4) is 0 Å². The molecule has 0 aliphatic carbocycles. The molecular formula is C9H16N2OS. The maximum Gasteiger partial charge on any atom is 0.0601 e. The third kappa shape index (κ3) is 2.28. The molecule has 4 heteroatoms. The predicted molar refractivity (Wildman–Crippen MR) is 55.9 cm³/mol. The van der Waals surface area contributed by atoms with E-state index < -0.39 is 0 Å². The van der Waals surface area contributed by atoms with E-state index in [1.807, 2.05) is 12.4 Å². The fraction of sp³-hybridized carbons (Fsp3) is 0.556. The van der Waals surface area contributed by atoms with E-state index in [2.05, 4.69) is 18.3 Å². The Labute approximate surface area is 82.6 Å². The van der Waals surface area contributed by atoms with E-state index in [1.165, 1.54) is 10.4 Å². The van der Waals surface area contributed by atoms with Crippen LogP contribution in [0.5, 0.6) is 0 Å². The van der Waals surface area contributed by atoms with Crippen molar-refractivity contribution >= 4 is 11.3 Å². The lowest BCUT2D eigenvalue weighted by Gasteiger charge is -2.21. The molecule has 0 amide bonds. The van der Waals surface area contributed by atoms with Gasteiger partial charge in [0.2, 0.25) is 0 Å². The van der Waals surface area contributed by atoms with E-state index in [-0.39, 0.29) is 18.7 Å². The maximum absolute atomic E-state index is 8.97. The quantitative estimate of drug-likeness (QED) is 0.668. The number of rotatable bonds is 4. The van der Waals surface area contributed by atoms with Gasteiger partial charge in [0.15, 0.2) is 0 Å². The number of aliphatic hydroxyl groups excluding tert-OH is 1. The Bertz CT molecular complexity index is 262. The van der Waals surface area contributed by atoms with Crippen LogP contribution in [0.3, 0.4) is 0 Å². The number of aryl methyl sites for hydroxylation is 1. The number of likely N-dealkylation sites (N-methyl/N-ethyl adjacent to an activating group) is 1. The highest BCUT2D eigenvalue weighted by Gasteiger charge is 2.19. The second kappa shape index (κ2) is 4.72. The van der Waals surface area contributed by atoms with Gasteiger partial charge in [-0.15, -0.1) is 11.3 Å². The number of hydrogen-bond acceptors (Lipinski definition) is 4. The minimum Gasteiger partial charge on any atom is -0.395 e. The number of nitrogens with one attached hydrogen (secondary N) is 1. The summed E-state index contributed by atoms with van der Waals surface area (Å²) in [5.41, 5.74) is 7.01. The lowest BCUT2D eigenvalue weighted by molar-refractivity contribution is 0.241. The monoisotopic (exact) mass is 200 g/mol. The van der Waals surface area contributed by atoms with Gasteiger partial charge in [-0.2, -0.15) is 0 Å². The Morgan fingerprint density at radius 3 is 2.77 bits per heavy atom. The van der Waals surface area contributed by atoms with Crippen LogP contribution in [0.1, 0.15) is 16.5 Å². The highest BCUT2D eigenvalue weighted by atomic mass is 32.1. The van der Waals surface area contributed by atoms with E-state index in [0.717, 1.165) is 0 Å². The van der Waals surface area contributed by atoms with Crippen LogP contribution in [0.2, 0.25) is 0 Å². The van der Waals surface area contributed by atoms with Gasteiger partial charge in [-0.3, -0.25) is 0 Å². The van der Waals surface area contributed by atoms with Gasteiger partial charge < -0.3 is 16.2 Å². The van der Waals surface area contributed by atoms with Crippen molar-refractivity contribution in [1.29, 1.82) is 0 Å². The lowest BCUT2D eigenvalue weighted by Crippen LogP contribution is -2.38. The Balaban J connectivity index is 2.84. The first-order chi connectivity index (χ1) is 6.20. The zero-order chi connectivity index (χ0) is 9.84. The zero-order valence-corrected chi connectivity index (χ0v) is 8.77. The summed E-state index contributed by atoms with van der Waals surface area (Å²) in [6.07, 6.45) is 0. The minimum atomic E-state index is -0.234. The van der Waals surface area contributed by atoms with Gasteiger partial charge in [0, 0.05) is 10.9 Å². The van der Waals surface area contributed by atoms with Crippen LogP contribution in [0.15, 0.2) is 11.4 Å². The fourth-order valence-corrected chi connectivity index (χ4v) is 2.46. The summed E-state index contributed by atoms with van der Waals surface area (Å²) in [5.74, 6) is 0. The molecule has 0 aliphatic rings. The Hall–Kier alpha value is -0.420. The summed E-state index contributed by atoms with van der Waals surface area (Å²) < 4.78 is 0. The molecule has 2 unspecified atom stereocenters. The fourth-order valence-electron chi connectivity index (χ4n) is 1.35. The van der Waals surface area contributed by atoms with E-state index in [9.17, 15) is 0 Å². The van der Waals surface area contributed by atoms with E-state index in [0.29, 0.717) is 0 Å². The molecule has 13 heavy (non-hydrogen) atoms. The molecule has 1 rings (SSSR count). The van der Waals surface area contributed by atoms with Gasteiger partial charge in [0.1, 0.15) is 0 Å². The zero-order valence-electron chi connectivity index (χ0n) is 7.95. The first-order valence-electron chi connectivity index (χ1n) is 4.28. The van der Waals surface area contributed by atoms with Crippen LogP contribution < -0.4 is 11.1 Å². The molecule has 0 fully saturated rings. The van der Waals surface area contributed by atoms with Crippen molar-refractivity contribution in [3.05, 3.63) is 21.9 Å². The molecule has 0 saturated heterocycles. The van der Waals surface area contributed by atoms with Crippen LogP contribution in [0.4, 0.5) is 0 Å². The smallest absolute Gasteiger partial charge is 0.0601 e. The largest absolute Gasteiger partial charge is 0.395 e. The number of nitrogens with two attached hydrogens (primary N) is 1. The summed E-state index contributed by atoms with van der Waals surface area (Å²) in [4.78, 5) is 1.21.